The first-order chi connectivity index (χ1) is 20.6. The van der Waals surface area contributed by atoms with Gasteiger partial charge < -0.3 is 0 Å². The van der Waals surface area contributed by atoms with Gasteiger partial charge in [0, 0.05) is 16.7 Å². The van der Waals surface area contributed by atoms with Crippen molar-refractivity contribution < 1.29 is 0 Å². The molecule has 6 nitrogen and oxygen atoms in total. The Labute approximate surface area is 241 Å². The van der Waals surface area contributed by atoms with Crippen LogP contribution in [0.1, 0.15) is 33.4 Å². The van der Waals surface area contributed by atoms with Crippen LogP contribution in [0.3, 0.4) is 0 Å². The van der Waals surface area contributed by atoms with Crippen molar-refractivity contribution >= 4 is 16.7 Å². The van der Waals surface area contributed by atoms with Crippen LogP contribution in [-0.4, -0.2) is 0 Å². The highest BCUT2D eigenvalue weighted by Gasteiger charge is 2.45. The third-order valence-electron chi connectivity index (χ3n) is 8.01. The lowest BCUT2D eigenvalue weighted by molar-refractivity contribution is 1.46. The average molecular weight is 529 g/mol. The average Bonchev–Trinajstić information content (AvgIpc) is 3.66. The Morgan fingerprint density at radius 3 is 1.24 bits per heavy atom. The van der Waals surface area contributed by atoms with E-state index in [0.717, 1.165) is 33.4 Å². The van der Waals surface area contributed by atoms with Gasteiger partial charge in [0.1, 0.15) is 30.9 Å². The number of benzene rings is 4. The zero-order valence-electron chi connectivity index (χ0n) is 21.6. The van der Waals surface area contributed by atoms with E-state index in [0.29, 0.717) is 50.1 Å². The molecule has 0 atom stereocenters. The lowest BCUT2D eigenvalue weighted by Crippen LogP contribution is -1.99. The minimum absolute atomic E-state index is 0.0689. The van der Waals surface area contributed by atoms with Gasteiger partial charge in [-0.2, -0.15) is 20.2 Å². The molecular weight excluding hydrogens is 516 g/mol. The van der Waals surface area contributed by atoms with E-state index in [1.807, 2.05) is 72.8 Å². The molecule has 0 amide bonds. The first kappa shape index (κ1) is 24.1. The number of nitriles is 3. The van der Waals surface area contributed by atoms with E-state index in [9.17, 15) is 15.8 Å². The highest BCUT2D eigenvalue weighted by atomic mass is 14.9. The normalized spacial score (nSPS) is 13.3. The van der Waals surface area contributed by atoms with Crippen molar-refractivity contribution in [3.8, 4) is 51.6 Å². The van der Waals surface area contributed by atoms with Crippen molar-refractivity contribution in [2.45, 2.75) is 0 Å². The summed E-state index contributed by atoms with van der Waals surface area (Å²) in [5.41, 5.74) is 9.78. The maximum Gasteiger partial charge on any atom is 0.527 e. The largest absolute Gasteiger partial charge is 0.527 e. The zero-order chi connectivity index (χ0) is 29.1. The Bertz CT molecular complexity index is 2020. The van der Waals surface area contributed by atoms with Crippen LogP contribution in [-0.2, 0) is 0 Å². The van der Waals surface area contributed by atoms with Crippen LogP contribution >= 0.6 is 0 Å². The Kier molecular flexibility index (Phi) is 5.04. The van der Waals surface area contributed by atoms with Gasteiger partial charge in [-0.3, -0.25) is 0 Å². The summed E-state index contributed by atoms with van der Waals surface area (Å²) in [6.07, 6.45) is 0. The molecular formula is C36H12N6. The number of allylic oxidation sites excluding steroid dienone is 2. The molecule has 42 heavy (non-hydrogen) atoms. The smallest absolute Gasteiger partial charge is 0.226 e. The van der Waals surface area contributed by atoms with E-state index >= 15 is 0 Å². The van der Waals surface area contributed by atoms with Gasteiger partial charge in [-0.05, 0) is 61.2 Å². The molecule has 3 aliphatic carbocycles. The molecule has 4 aromatic rings. The molecule has 4 aromatic carbocycles. The standard InChI is InChI=1S/C36H12N6/c1-40-26(18-39)28-21-11-5-7-13-23(21)31-34(28)29-22-12-6-4-10-20(22)27(19(16-37)17-38)33(29)30-24-14-8-9-15-25(24)32(35(30)31)36(41-2)42-3/h4-15H. The molecule has 6 heteroatoms. The Hall–Kier alpha value is -6.96. The molecule has 0 unspecified atom stereocenters. The molecule has 0 radical (unpaired) electrons. The van der Waals surface area contributed by atoms with Gasteiger partial charge in [-0.25, -0.2) is 10.1 Å². The van der Waals surface area contributed by atoms with E-state index in [1.54, 1.807) is 0 Å². The predicted octanol–water partition coefficient (Wildman–Crippen LogP) is 8.23. The van der Waals surface area contributed by atoms with Gasteiger partial charge in [0.25, 0.3) is 5.70 Å². The van der Waals surface area contributed by atoms with Crippen LogP contribution in [0, 0.1) is 53.7 Å². The molecule has 0 spiro atoms. The van der Waals surface area contributed by atoms with Crippen LogP contribution < -0.4 is 0 Å². The molecule has 0 aliphatic heterocycles. The number of rotatable bonds is 0. The van der Waals surface area contributed by atoms with Gasteiger partial charge in [0.05, 0.1) is 18.2 Å². The van der Waals surface area contributed by atoms with Gasteiger partial charge in [-0.15, -0.1) is 0 Å². The first-order valence-corrected chi connectivity index (χ1v) is 12.7. The molecule has 186 valence electrons. The fourth-order valence-corrected chi connectivity index (χ4v) is 6.62. The van der Waals surface area contributed by atoms with Crippen molar-refractivity contribution in [2.75, 3.05) is 0 Å². The van der Waals surface area contributed by atoms with E-state index in [1.165, 1.54) is 0 Å². The Morgan fingerprint density at radius 2 is 0.833 bits per heavy atom. The second kappa shape index (κ2) is 8.78. The summed E-state index contributed by atoms with van der Waals surface area (Å²) in [4.78, 5) is 10.9. The van der Waals surface area contributed by atoms with Gasteiger partial charge in [0.2, 0.25) is 0 Å². The molecule has 3 aliphatic rings. The maximum atomic E-state index is 10.1. The summed E-state index contributed by atoms with van der Waals surface area (Å²) in [6.45, 7) is 23.7. The summed E-state index contributed by atoms with van der Waals surface area (Å²) in [7, 11) is 0. The van der Waals surface area contributed by atoms with E-state index in [2.05, 4.69) is 32.7 Å². The molecule has 0 N–H and O–H groups in total. The molecule has 0 fully saturated rings. The summed E-state index contributed by atoms with van der Waals surface area (Å²) in [6, 6.07) is 28.8. The molecule has 0 heterocycles. The van der Waals surface area contributed by atoms with E-state index in [-0.39, 0.29) is 17.1 Å². The fraction of sp³-hybridized carbons (Fsp3) is 0. The third-order valence-corrected chi connectivity index (χ3v) is 8.01. The number of nitrogens with zero attached hydrogens (tertiary/aromatic N) is 6. The number of hydrogen-bond donors (Lipinski definition) is 0. The van der Waals surface area contributed by atoms with Crippen molar-refractivity contribution in [1.82, 2.24) is 0 Å². The highest BCUT2D eigenvalue weighted by molar-refractivity contribution is 6.24. The lowest BCUT2D eigenvalue weighted by Gasteiger charge is -2.18. The van der Waals surface area contributed by atoms with E-state index < -0.39 is 0 Å². The zero-order valence-corrected chi connectivity index (χ0v) is 21.6. The molecule has 0 aromatic heterocycles. The number of hydrogen-bond acceptors (Lipinski definition) is 3. The van der Waals surface area contributed by atoms with Gasteiger partial charge in [-0.1, -0.05) is 72.8 Å². The van der Waals surface area contributed by atoms with Crippen molar-refractivity contribution in [1.29, 1.82) is 15.8 Å². The van der Waals surface area contributed by atoms with Crippen LogP contribution in [0.25, 0.3) is 64.6 Å². The second-order valence-corrected chi connectivity index (χ2v) is 9.73. The van der Waals surface area contributed by atoms with Crippen molar-refractivity contribution in [3.05, 3.63) is 158 Å². The highest BCUT2D eigenvalue weighted by Crippen LogP contribution is 2.64. The topological polar surface area (TPSA) is 84.4 Å². The fourth-order valence-electron chi connectivity index (χ4n) is 6.62. The maximum absolute atomic E-state index is 10.1. The summed E-state index contributed by atoms with van der Waals surface area (Å²) < 4.78 is 0. The molecule has 0 saturated carbocycles. The summed E-state index contributed by atoms with van der Waals surface area (Å²) in [5, 5.41) is 30.4. The van der Waals surface area contributed by atoms with Crippen LogP contribution in [0.5, 0.6) is 0 Å². The van der Waals surface area contributed by atoms with Crippen LogP contribution in [0.2, 0.25) is 0 Å². The Morgan fingerprint density at radius 1 is 0.452 bits per heavy atom. The van der Waals surface area contributed by atoms with E-state index in [4.69, 9.17) is 19.7 Å². The molecule has 0 saturated heterocycles. The monoisotopic (exact) mass is 528 g/mol. The number of fused-ring (bicyclic) bond motifs is 12. The predicted molar refractivity (Wildman–Crippen MR) is 157 cm³/mol. The van der Waals surface area contributed by atoms with Crippen molar-refractivity contribution in [2.24, 2.45) is 0 Å². The molecule has 7 rings (SSSR count). The molecule has 0 bridgehead atoms. The minimum atomic E-state index is -0.106. The Balaban J connectivity index is 1.88. The summed E-state index contributed by atoms with van der Waals surface area (Å²) in [5.74, 6) is -0.106. The summed E-state index contributed by atoms with van der Waals surface area (Å²) >= 11 is 0. The third kappa shape index (κ3) is 2.80. The van der Waals surface area contributed by atoms with Crippen LogP contribution in [0.15, 0.2) is 89.9 Å². The minimum Gasteiger partial charge on any atom is -0.226 e. The lowest BCUT2D eigenvalue weighted by atomic mass is 9.83. The first-order valence-electron chi connectivity index (χ1n) is 12.7. The second-order valence-electron chi connectivity index (χ2n) is 9.73. The van der Waals surface area contributed by atoms with Gasteiger partial charge >= 0.3 is 5.82 Å². The van der Waals surface area contributed by atoms with Crippen molar-refractivity contribution in [3.63, 3.8) is 0 Å². The van der Waals surface area contributed by atoms with Gasteiger partial charge in [0.15, 0.2) is 0 Å². The SMILES string of the molecule is [C-]#[N+]C(C#N)=C1c2ccccc2-c2c1c1c(c3c2C(=C([N+]#[C-])[N+]#[C-])c2ccccc2-3)C(=C(C#N)C#N)c2ccccc2-1. The van der Waals surface area contributed by atoms with Crippen LogP contribution in [0.4, 0.5) is 0 Å². The quantitative estimate of drug-likeness (QED) is 0.147.